The van der Waals surface area contributed by atoms with Crippen molar-refractivity contribution in [3.63, 3.8) is 0 Å². The molecule has 208 valence electrons. The molecule has 1 heterocycles. The molecular formula is C26H29ClN4O6S2. The number of ether oxygens (including phenoxy) is 2. The molecule has 0 fully saturated rings. The molecule has 0 radical (unpaired) electrons. The van der Waals surface area contributed by atoms with Crippen LogP contribution in [-0.4, -0.2) is 38.8 Å². The van der Waals surface area contributed by atoms with Crippen molar-refractivity contribution in [2.45, 2.75) is 43.7 Å². The number of hydrogen-bond donors (Lipinski definition) is 4. The lowest BCUT2D eigenvalue weighted by molar-refractivity contribution is -0.163. The molecule has 0 atom stereocenters. The number of esters is 1. The zero-order chi connectivity index (χ0) is 28.8. The summed E-state index contributed by atoms with van der Waals surface area (Å²) >= 11 is 6.77. The van der Waals surface area contributed by atoms with Crippen LogP contribution in [-0.2, 0) is 37.4 Å². The van der Waals surface area contributed by atoms with E-state index in [0.29, 0.717) is 22.3 Å². The van der Waals surface area contributed by atoms with Gasteiger partial charge in [0.05, 0.1) is 17.0 Å². The van der Waals surface area contributed by atoms with E-state index in [1.54, 1.807) is 18.2 Å². The van der Waals surface area contributed by atoms with Gasteiger partial charge in [-0.3, -0.25) is 19.7 Å². The van der Waals surface area contributed by atoms with E-state index in [1.807, 2.05) is 24.3 Å². The molecule has 0 aliphatic carbocycles. The number of amides is 1. The van der Waals surface area contributed by atoms with Gasteiger partial charge in [0, 0.05) is 25.7 Å². The Morgan fingerprint density at radius 1 is 1.05 bits per heavy atom. The van der Waals surface area contributed by atoms with Crippen LogP contribution >= 0.6 is 22.9 Å². The monoisotopic (exact) mass is 592 g/mol. The number of thiophene rings is 1. The van der Waals surface area contributed by atoms with E-state index in [0.717, 1.165) is 22.5 Å². The Morgan fingerprint density at radius 2 is 1.72 bits per heavy atom. The SMILES string of the molecule is COc1cccc(NCc2cccc(CNC(=O)C(C)(C)OC(C)=O)c2)c1C(=N)NS(=O)(=O)c1ccc(Cl)s1. The average Bonchev–Trinajstić information content (AvgIpc) is 3.32. The van der Waals surface area contributed by atoms with Crippen LogP contribution in [0.5, 0.6) is 5.75 Å². The predicted molar refractivity (Wildman–Crippen MR) is 151 cm³/mol. The first-order valence-corrected chi connectivity index (χ1v) is 14.3. The van der Waals surface area contributed by atoms with E-state index in [1.165, 1.54) is 40.0 Å². The largest absolute Gasteiger partial charge is 0.496 e. The van der Waals surface area contributed by atoms with E-state index in [-0.39, 0.29) is 22.2 Å². The second-order valence-corrected chi connectivity index (χ2v) is 12.5. The summed E-state index contributed by atoms with van der Waals surface area (Å²) in [5.41, 5.74) is 1.11. The number of halogens is 1. The summed E-state index contributed by atoms with van der Waals surface area (Å²) in [5, 5.41) is 14.5. The number of carbonyl (C=O) groups is 2. The molecular weight excluding hydrogens is 564 g/mol. The van der Waals surface area contributed by atoms with Crippen LogP contribution in [0.25, 0.3) is 0 Å². The second kappa shape index (κ2) is 12.5. The van der Waals surface area contributed by atoms with Crippen LogP contribution in [0, 0.1) is 5.41 Å². The smallest absolute Gasteiger partial charge is 0.303 e. The lowest BCUT2D eigenvalue weighted by Gasteiger charge is -2.23. The van der Waals surface area contributed by atoms with Crippen molar-refractivity contribution in [1.29, 1.82) is 5.41 Å². The van der Waals surface area contributed by atoms with E-state index in [2.05, 4.69) is 15.4 Å². The van der Waals surface area contributed by atoms with Gasteiger partial charge in [-0.05, 0) is 49.2 Å². The van der Waals surface area contributed by atoms with Crippen LogP contribution in [0.4, 0.5) is 5.69 Å². The number of hydrogen-bond acceptors (Lipinski definition) is 9. The number of amidine groups is 1. The first-order valence-electron chi connectivity index (χ1n) is 11.7. The highest BCUT2D eigenvalue weighted by molar-refractivity contribution is 7.92. The van der Waals surface area contributed by atoms with Gasteiger partial charge in [-0.15, -0.1) is 11.3 Å². The molecule has 0 bridgehead atoms. The van der Waals surface area contributed by atoms with Gasteiger partial charge in [-0.2, -0.15) is 0 Å². The van der Waals surface area contributed by atoms with Gasteiger partial charge in [-0.25, -0.2) is 8.42 Å². The molecule has 3 rings (SSSR count). The normalized spacial score (nSPS) is 11.4. The van der Waals surface area contributed by atoms with Crippen molar-refractivity contribution >= 4 is 56.4 Å². The third-order valence-electron chi connectivity index (χ3n) is 5.42. The van der Waals surface area contributed by atoms with E-state index < -0.39 is 27.5 Å². The van der Waals surface area contributed by atoms with Crippen LogP contribution in [0.1, 0.15) is 37.5 Å². The minimum atomic E-state index is -4.02. The quantitative estimate of drug-likeness (QED) is 0.148. The van der Waals surface area contributed by atoms with E-state index in [9.17, 15) is 18.0 Å². The first-order chi connectivity index (χ1) is 18.3. The molecule has 13 heteroatoms. The Hall–Kier alpha value is -3.61. The van der Waals surface area contributed by atoms with Gasteiger partial charge < -0.3 is 20.1 Å². The maximum atomic E-state index is 12.8. The molecule has 10 nitrogen and oxygen atoms in total. The van der Waals surface area contributed by atoms with Crippen LogP contribution in [0.15, 0.2) is 58.8 Å². The van der Waals surface area contributed by atoms with Crippen molar-refractivity contribution in [3.05, 3.63) is 75.6 Å². The summed E-state index contributed by atoms with van der Waals surface area (Å²) in [7, 11) is -2.58. The Labute approximate surface area is 236 Å². The first kappa shape index (κ1) is 29.9. The summed E-state index contributed by atoms with van der Waals surface area (Å²) in [6.07, 6.45) is 0. The molecule has 0 aliphatic rings. The molecule has 1 aromatic heterocycles. The third kappa shape index (κ3) is 7.94. The fourth-order valence-electron chi connectivity index (χ4n) is 3.63. The summed E-state index contributed by atoms with van der Waals surface area (Å²) in [6.45, 7) is 4.84. The van der Waals surface area contributed by atoms with E-state index in [4.69, 9.17) is 26.5 Å². The maximum Gasteiger partial charge on any atom is 0.303 e. The number of benzene rings is 2. The van der Waals surface area contributed by atoms with Crippen molar-refractivity contribution < 1.29 is 27.5 Å². The van der Waals surface area contributed by atoms with Gasteiger partial charge in [-0.1, -0.05) is 41.9 Å². The van der Waals surface area contributed by atoms with Crippen molar-refractivity contribution in [2.75, 3.05) is 12.4 Å². The lowest BCUT2D eigenvalue weighted by Crippen LogP contribution is -2.44. The number of sulfonamides is 1. The molecule has 1 amide bonds. The Morgan fingerprint density at radius 3 is 2.33 bits per heavy atom. The Kier molecular flexibility index (Phi) is 9.59. The van der Waals surface area contributed by atoms with Crippen molar-refractivity contribution in [3.8, 4) is 5.75 Å². The van der Waals surface area contributed by atoms with Crippen LogP contribution in [0.2, 0.25) is 4.34 Å². The molecule has 2 aromatic carbocycles. The highest BCUT2D eigenvalue weighted by Crippen LogP contribution is 2.29. The standard InChI is InChI=1S/C26H29ClN4O6S2/c1-16(32)37-26(2,3)25(33)30-15-18-8-5-7-17(13-18)14-29-19-9-6-10-20(36-4)23(19)24(28)31-39(34,35)22-12-11-21(27)38-22/h5-13,29H,14-15H2,1-4H3,(H2,28,31)(H,30,33). The lowest BCUT2D eigenvalue weighted by atomic mass is 10.1. The number of anilines is 1. The highest BCUT2D eigenvalue weighted by Gasteiger charge is 2.30. The third-order valence-corrected chi connectivity index (χ3v) is 8.49. The zero-order valence-electron chi connectivity index (χ0n) is 21.8. The molecule has 0 spiro atoms. The van der Waals surface area contributed by atoms with Crippen LogP contribution < -0.4 is 20.1 Å². The van der Waals surface area contributed by atoms with Gasteiger partial charge in [0.15, 0.2) is 5.60 Å². The zero-order valence-corrected chi connectivity index (χ0v) is 24.1. The topological polar surface area (TPSA) is 147 Å². The molecule has 3 aromatic rings. The minimum absolute atomic E-state index is 0.0122. The number of carbonyl (C=O) groups excluding carboxylic acids is 2. The summed E-state index contributed by atoms with van der Waals surface area (Å²) in [5.74, 6) is -1.03. The van der Waals surface area contributed by atoms with Gasteiger partial charge in [0.1, 0.15) is 15.8 Å². The molecule has 0 saturated carbocycles. The molecule has 0 aliphatic heterocycles. The van der Waals surface area contributed by atoms with Gasteiger partial charge in [0.25, 0.3) is 15.9 Å². The molecule has 39 heavy (non-hydrogen) atoms. The van der Waals surface area contributed by atoms with E-state index >= 15 is 0 Å². The maximum absolute atomic E-state index is 12.8. The summed E-state index contributed by atoms with van der Waals surface area (Å²) < 4.78 is 38.6. The fraction of sp³-hybridized carbons (Fsp3) is 0.269. The molecule has 0 saturated heterocycles. The number of nitrogens with one attached hydrogen (secondary N) is 4. The molecule has 0 unspecified atom stereocenters. The Bertz CT molecular complexity index is 1490. The highest BCUT2D eigenvalue weighted by atomic mass is 35.5. The Balaban J connectivity index is 1.73. The predicted octanol–water partition coefficient (Wildman–Crippen LogP) is 4.28. The summed E-state index contributed by atoms with van der Waals surface area (Å²) in [4.78, 5) is 23.7. The summed E-state index contributed by atoms with van der Waals surface area (Å²) in [6, 6.07) is 15.4. The van der Waals surface area contributed by atoms with Crippen molar-refractivity contribution in [2.24, 2.45) is 0 Å². The van der Waals surface area contributed by atoms with Crippen LogP contribution in [0.3, 0.4) is 0 Å². The van der Waals surface area contributed by atoms with Gasteiger partial charge in [0.2, 0.25) is 0 Å². The minimum Gasteiger partial charge on any atom is -0.496 e. The van der Waals surface area contributed by atoms with Gasteiger partial charge >= 0.3 is 5.97 Å². The molecule has 4 N–H and O–H groups in total. The van der Waals surface area contributed by atoms with Crippen molar-refractivity contribution in [1.82, 2.24) is 10.0 Å². The average molecular weight is 593 g/mol. The second-order valence-electron chi connectivity index (χ2n) is 8.88. The number of methoxy groups -OCH3 is 1. The number of rotatable bonds is 11. The fourth-order valence-corrected chi connectivity index (χ4v) is 6.10.